The molecule has 0 atom stereocenters. The van der Waals surface area contributed by atoms with Gasteiger partial charge in [0.15, 0.2) is 0 Å². The van der Waals surface area contributed by atoms with Crippen LogP contribution in [-0.2, 0) is 5.41 Å². The summed E-state index contributed by atoms with van der Waals surface area (Å²) < 4.78 is 0.695. The number of thiophene rings is 1. The summed E-state index contributed by atoms with van der Waals surface area (Å²) in [5.41, 5.74) is 4.36. The van der Waals surface area contributed by atoms with Crippen LogP contribution in [0.2, 0.25) is 4.34 Å². The molecule has 2 rings (SSSR count). The van der Waals surface area contributed by atoms with E-state index in [1.54, 1.807) is 12.3 Å². The number of halogens is 1. The molecule has 0 aliphatic rings. The van der Waals surface area contributed by atoms with Crippen molar-refractivity contribution in [1.82, 2.24) is 5.43 Å². The average Bonchev–Trinajstić information content (AvgIpc) is 2.83. The van der Waals surface area contributed by atoms with E-state index in [4.69, 9.17) is 11.6 Å². The Morgan fingerprint density at radius 2 is 1.86 bits per heavy atom. The molecule has 0 aliphatic carbocycles. The van der Waals surface area contributed by atoms with Gasteiger partial charge in [-0.25, -0.2) is 5.43 Å². The lowest BCUT2D eigenvalue weighted by Crippen LogP contribution is -2.18. The minimum absolute atomic E-state index is 0.0750. The van der Waals surface area contributed by atoms with Crippen LogP contribution in [0.5, 0.6) is 0 Å². The maximum Gasteiger partial charge on any atom is 0.271 e. The van der Waals surface area contributed by atoms with Gasteiger partial charge in [0.1, 0.15) is 0 Å². The first-order valence-electron chi connectivity index (χ1n) is 6.55. The number of hydrazone groups is 1. The van der Waals surface area contributed by atoms with Crippen molar-refractivity contribution in [3.05, 3.63) is 56.7 Å². The zero-order valence-corrected chi connectivity index (χ0v) is 13.8. The largest absolute Gasteiger partial charge is 0.271 e. The van der Waals surface area contributed by atoms with Crippen LogP contribution in [0.1, 0.15) is 41.6 Å². The van der Waals surface area contributed by atoms with E-state index in [0.717, 1.165) is 4.88 Å². The molecule has 0 spiro atoms. The molecule has 0 fully saturated rings. The van der Waals surface area contributed by atoms with Crippen LogP contribution in [0.25, 0.3) is 0 Å². The Morgan fingerprint density at radius 3 is 2.38 bits per heavy atom. The Morgan fingerprint density at radius 1 is 1.19 bits per heavy atom. The molecule has 0 saturated heterocycles. The van der Waals surface area contributed by atoms with E-state index in [1.165, 1.54) is 16.9 Å². The Labute approximate surface area is 133 Å². The molecule has 0 radical (unpaired) electrons. The van der Waals surface area contributed by atoms with Crippen LogP contribution in [0.4, 0.5) is 0 Å². The van der Waals surface area contributed by atoms with Gasteiger partial charge in [0.2, 0.25) is 0 Å². The number of carbonyl (C=O) groups excluding carboxylic acids is 1. The van der Waals surface area contributed by atoms with Crippen molar-refractivity contribution in [3.8, 4) is 0 Å². The van der Waals surface area contributed by atoms with E-state index in [2.05, 4.69) is 31.3 Å². The fourth-order valence-corrected chi connectivity index (χ4v) is 2.67. The molecule has 1 aromatic heterocycles. The molecule has 21 heavy (non-hydrogen) atoms. The molecule has 1 amide bonds. The summed E-state index contributed by atoms with van der Waals surface area (Å²) in [6, 6.07) is 11.2. The number of carbonyl (C=O) groups is 1. The lowest BCUT2D eigenvalue weighted by molar-refractivity contribution is 0.0955. The zero-order valence-electron chi connectivity index (χ0n) is 12.2. The highest BCUT2D eigenvalue weighted by atomic mass is 35.5. The molecular formula is C16H17ClN2OS. The average molecular weight is 321 g/mol. The van der Waals surface area contributed by atoms with Crippen molar-refractivity contribution in [2.24, 2.45) is 5.10 Å². The molecule has 2 aromatic rings. The van der Waals surface area contributed by atoms with Crippen molar-refractivity contribution >= 4 is 35.1 Å². The van der Waals surface area contributed by atoms with Crippen LogP contribution in [-0.4, -0.2) is 12.1 Å². The Kier molecular flexibility index (Phi) is 4.80. The second kappa shape index (κ2) is 6.41. The second-order valence-corrected chi connectivity index (χ2v) is 7.42. The summed E-state index contributed by atoms with van der Waals surface area (Å²) in [6.45, 7) is 6.41. The van der Waals surface area contributed by atoms with Gasteiger partial charge in [-0.2, -0.15) is 5.10 Å². The summed E-state index contributed by atoms with van der Waals surface area (Å²) in [4.78, 5) is 12.8. The summed E-state index contributed by atoms with van der Waals surface area (Å²) in [5.74, 6) is -0.227. The highest BCUT2D eigenvalue weighted by Crippen LogP contribution is 2.22. The highest BCUT2D eigenvalue weighted by molar-refractivity contribution is 7.17. The number of nitrogens with one attached hydrogen (secondary N) is 1. The first-order valence-corrected chi connectivity index (χ1v) is 7.75. The Balaban J connectivity index is 1.99. The van der Waals surface area contributed by atoms with E-state index in [1.807, 2.05) is 30.3 Å². The third kappa shape index (κ3) is 4.41. The molecule has 1 aromatic carbocycles. The van der Waals surface area contributed by atoms with E-state index in [-0.39, 0.29) is 11.3 Å². The van der Waals surface area contributed by atoms with Gasteiger partial charge in [-0.1, -0.05) is 44.5 Å². The van der Waals surface area contributed by atoms with Gasteiger partial charge < -0.3 is 0 Å². The van der Waals surface area contributed by atoms with Crippen LogP contribution in [0.3, 0.4) is 0 Å². The molecule has 5 heteroatoms. The number of benzene rings is 1. The van der Waals surface area contributed by atoms with Crippen LogP contribution < -0.4 is 5.43 Å². The van der Waals surface area contributed by atoms with Crippen LogP contribution in [0.15, 0.2) is 41.5 Å². The van der Waals surface area contributed by atoms with Crippen molar-refractivity contribution in [2.45, 2.75) is 26.2 Å². The number of hydrogen-bond donors (Lipinski definition) is 1. The SMILES string of the molecule is CC(C)(C)c1ccc(C(=O)N/N=C/c2ccc(Cl)s2)cc1. The van der Waals surface area contributed by atoms with Crippen LogP contribution in [0, 0.1) is 0 Å². The molecule has 3 nitrogen and oxygen atoms in total. The maximum absolute atomic E-state index is 12.0. The molecular weight excluding hydrogens is 304 g/mol. The molecule has 0 saturated carbocycles. The smallest absolute Gasteiger partial charge is 0.267 e. The number of hydrogen-bond acceptors (Lipinski definition) is 3. The molecule has 110 valence electrons. The summed E-state index contributed by atoms with van der Waals surface area (Å²) in [6.07, 6.45) is 1.58. The minimum Gasteiger partial charge on any atom is -0.267 e. The molecule has 0 unspecified atom stereocenters. The first-order chi connectivity index (χ1) is 9.86. The molecule has 1 N–H and O–H groups in total. The highest BCUT2D eigenvalue weighted by Gasteiger charge is 2.14. The predicted molar refractivity (Wildman–Crippen MR) is 89.5 cm³/mol. The topological polar surface area (TPSA) is 41.5 Å². The van der Waals surface area contributed by atoms with Crippen molar-refractivity contribution < 1.29 is 4.79 Å². The van der Waals surface area contributed by atoms with Gasteiger partial charge in [0.05, 0.1) is 10.6 Å². The van der Waals surface area contributed by atoms with Crippen LogP contribution >= 0.6 is 22.9 Å². The van der Waals surface area contributed by atoms with Gasteiger partial charge in [0.25, 0.3) is 5.91 Å². The summed E-state index contributed by atoms with van der Waals surface area (Å²) in [7, 11) is 0. The maximum atomic E-state index is 12.0. The Hall–Kier alpha value is -1.65. The van der Waals surface area contributed by atoms with Gasteiger partial charge in [-0.05, 0) is 35.2 Å². The molecule has 0 aliphatic heterocycles. The van der Waals surface area contributed by atoms with E-state index in [0.29, 0.717) is 9.90 Å². The summed E-state index contributed by atoms with van der Waals surface area (Å²) in [5, 5.41) is 3.93. The standard InChI is InChI=1S/C16H17ClN2OS/c1-16(2,3)12-6-4-11(5-7-12)15(20)19-18-10-13-8-9-14(17)21-13/h4-10H,1-3H3,(H,19,20)/b18-10+. The first kappa shape index (κ1) is 15.7. The van der Waals surface area contributed by atoms with Crippen molar-refractivity contribution in [3.63, 3.8) is 0 Å². The fraction of sp³-hybridized carbons (Fsp3) is 0.250. The minimum atomic E-state index is -0.227. The third-order valence-corrected chi connectivity index (χ3v) is 4.13. The zero-order chi connectivity index (χ0) is 15.5. The van der Waals surface area contributed by atoms with Gasteiger partial charge in [0, 0.05) is 10.4 Å². The van der Waals surface area contributed by atoms with Gasteiger partial charge in [-0.3, -0.25) is 4.79 Å². The monoisotopic (exact) mass is 320 g/mol. The number of rotatable bonds is 3. The van der Waals surface area contributed by atoms with Gasteiger partial charge >= 0.3 is 0 Å². The molecule has 1 heterocycles. The van der Waals surface area contributed by atoms with Gasteiger partial charge in [-0.15, -0.1) is 11.3 Å². The second-order valence-electron chi connectivity index (χ2n) is 5.67. The lowest BCUT2D eigenvalue weighted by atomic mass is 9.87. The van der Waals surface area contributed by atoms with Crippen molar-refractivity contribution in [2.75, 3.05) is 0 Å². The lowest BCUT2D eigenvalue weighted by Gasteiger charge is -2.18. The summed E-state index contributed by atoms with van der Waals surface area (Å²) >= 11 is 7.22. The quantitative estimate of drug-likeness (QED) is 0.658. The predicted octanol–water partition coefficient (Wildman–Crippen LogP) is 4.46. The fourth-order valence-electron chi connectivity index (χ4n) is 1.74. The normalized spacial score (nSPS) is 11.8. The van der Waals surface area contributed by atoms with E-state index < -0.39 is 0 Å². The van der Waals surface area contributed by atoms with E-state index in [9.17, 15) is 4.79 Å². The Bertz CT molecular complexity index is 654. The van der Waals surface area contributed by atoms with E-state index >= 15 is 0 Å². The van der Waals surface area contributed by atoms with Crippen molar-refractivity contribution in [1.29, 1.82) is 0 Å². The number of amides is 1. The number of nitrogens with zero attached hydrogens (tertiary/aromatic N) is 1. The molecule has 0 bridgehead atoms. The third-order valence-electron chi connectivity index (χ3n) is 2.96.